The number of amides is 1. The first-order valence-electron chi connectivity index (χ1n) is 7.51. The number of benzene rings is 1. The van der Waals surface area contributed by atoms with Crippen LogP contribution in [0.1, 0.15) is 31.7 Å². The van der Waals surface area contributed by atoms with E-state index in [2.05, 4.69) is 24.1 Å². The van der Waals surface area contributed by atoms with Crippen LogP contribution in [0.25, 0.3) is 0 Å². The van der Waals surface area contributed by atoms with E-state index in [9.17, 15) is 4.79 Å². The van der Waals surface area contributed by atoms with Gasteiger partial charge in [-0.25, -0.2) is 4.98 Å². The molecule has 0 fully saturated rings. The van der Waals surface area contributed by atoms with Crippen molar-refractivity contribution in [3.05, 3.63) is 54.2 Å². The first-order chi connectivity index (χ1) is 10.7. The zero-order chi connectivity index (χ0) is 15.9. The van der Waals surface area contributed by atoms with Gasteiger partial charge < -0.3 is 5.32 Å². The first-order valence-corrected chi connectivity index (χ1v) is 8.74. The fourth-order valence-electron chi connectivity index (χ4n) is 2.43. The smallest absolute Gasteiger partial charge is 0.232 e. The van der Waals surface area contributed by atoms with E-state index in [1.807, 2.05) is 48.7 Å². The van der Waals surface area contributed by atoms with E-state index in [1.54, 1.807) is 18.0 Å². The minimum Gasteiger partial charge on any atom is -0.324 e. The van der Waals surface area contributed by atoms with E-state index in [1.165, 1.54) is 0 Å². The molecule has 0 radical (unpaired) electrons. The summed E-state index contributed by atoms with van der Waals surface area (Å²) >= 11 is 1.58. The quantitative estimate of drug-likeness (QED) is 0.794. The van der Waals surface area contributed by atoms with Crippen LogP contribution in [0.15, 0.2) is 53.7 Å². The molecule has 2 aromatic rings. The molecule has 0 bridgehead atoms. The number of nitrogens with one attached hydrogen (secondary N) is 1. The summed E-state index contributed by atoms with van der Waals surface area (Å²) in [5.74, 6) is 0.159. The summed E-state index contributed by atoms with van der Waals surface area (Å²) in [4.78, 5) is 17.0. The van der Waals surface area contributed by atoms with Crippen molar-refractivity contribution in [1.82, 2.24) is 4.98 Å². The summed E-state index contributed by atoms with van der Waals surface area (Å²) in [7, 11) is 0. The molecule has 1 amide bonds. The van der Waals surface area contributed by atoms with E-state index < -0.39 is 0 Å². The number of rotatable bonds is 6. The highest BCUT2D eigenvalue weighted by atomic mass is 32.2. The fraction of sp³-hybridized carbons (Fsp3) is 0.333. The summed E-state index contributed by atoms with van der Waals surface area (Å²) in [6.07, 6.45) is 4.65. The van der Waals surface area contributed by atoms with E-state index in [4.69, 9.17) is 0 Å². The minimum atomic E-state index is -0.147. The zero-order valence-electron chi connectivity index (χ0n) is 13.2. The molecular weight excluding hydrogens is 292 g/mol. The van der Waals surface area contributed by atoms with Gasteiger partial charge in [-0.05, 0) is 29.9 Å². The maximum absolute atomic E-state index is 12.7. The summed E-state index contributed by atoms with van der Waals surface area (Å²) in [6, 6.07) is 13.8. The van der Waals surface area contributed by atoms with Crippen molar-refractivity contribution < 1.29 is 4.79 Å². The normalized spacial score (nSPS) is 13.4. The topological polar surface area (TPSA) is 42.0 Å². The van der Waals surface area contributed by atoms with Crippen LogP contribution in [0.3, 0.4) is 0 Å². The van der Waals surface area contributed by atoms with Gasteiger partial charge >= 0.3 is 0 Å². The number of aromatic nitrogens is 1. The second-order valence-electron chi connectivity index (χ2n) is 5.35. The highest BCUT2D eigenvalue weighted by molar-refractivity contribution is 7.98. The number of thioether (sulfide) groups is 1. The lowest BCUT2D eigenvalue weighted by molar-refractivity contribution is -0.118. The zero-order valence-corrected chi connectivity index (χ0v) is 14.1. The fourth-order valence-corrected chi connectivity index (χ4v) is 2.79. The van der Waals surface area contributed by atoms with Crippen LogP contribution in [0.2, 0.25) is 0 Å². The monoisotopic (exact) mass is 314 g/mol. The third-order valence-electron chi connectivity index (χ3n) is 3.87. The second-order valence-corrected chi connectivity index (χ2v) is 6.18. The molecule has 2 rings (SSSR count). The predicted octanol–water partition coefficient (Wildman–Crippen LogP) is 4.57. The van der Waals surface area contributed by atoms with Crippen LogP contribution < -0.4 is 5.32 Å². The molecule has 0 aliphatic heterocycles. The van der Waals surface area contributed by atoms with Crippen LogP contribution in [-0.2, 0) is 4.79 Å². The molecule has 0 saturated carbocycles. The molecule has 1 heterocycles. The van der Waals surface area contributed by atoms with Gasteiger partial charge in [0.05, 0.1) is 22.8 Å². The van der Waals surface area contributed by atoms with Crippen LogP contribution in [-0.4, -0.2) is 17.1 Å². The lowest BCUT2D eigenvalue weighted by atomic mass is 9.85. The number of hydrogen-bond donors (Lipinski definition) is 1. The Morgan fingerprint density at radius 3 is 2.50 bits per heavy atom. The van der Waals surface area contributed by atoms with Gasteiger partial charge in [0.15, 0.2) is 0 Å². The van der Waals surface area contributed by atoms with E-state index in [0.29, 0.717) is 0 Å². The number of pyridine rings is 1. The summed E-state index contributed by atoms with van der Waals surface area (Å²) in [6.45, 7) is 4.23. The Balaban J connectivity index is 2.18. The van der Waals surface area contributed by atoms with Crippen LogP contribution >= 0.6 is 11.8 Å². The maximum atomic E-state index is 12.7. The van der Waals surface area contributed by atoms with E-state index >= 15 is 0 Å². The van der Waals surface area contributed by atoms with Crippen molar-refractivity contribution >= 4 is 23.4 Å². The van der Waals surface area contributed by atoms with E-state index in [0.717, 1.165) is 22.7 Å². The van der Waals surface area contributed by atoms with Crippen molar-refractivity contribution in [3.63, 3.8) is 0 Å². The Hall–Kier alpha value is -1.81. The second kappa shape index (κ2) is 7.99. The Labute approximate surface area is 136 Å². The Bertz CT molecular complexity index is 598. The summed E-state index contributed by atoms with van der Waals surface area (Å²) in [5, 5.41) is 3.94. The molecule has 4 heteroatoms. The van der Waals surface area contributed by atoms with Gasteiger partial charge in [0.2, 0.25) is 5.91 Å². The Morgan fingerprint density at radius 2 is 1.95 bits per heavy atom. The lowest BCUT2D eigenvalue weighted by Gasteiger charge is -2.22. The third-order valence-corrected chi connectivity index (χ3v) is 4.53. The van der Waals surface area contributed by atoms with Gasteiger partial charge in [-0.15, -0.1) is 11.8 Å². The minimum absolute atomic E-state index is 0.0271. The number of carbonyl (C=O) groups is 1. The molecule has 2 unspecified atom stereocenters. The highest BCUT2D eigenvalue weighted by Gasteiger charge is 2.25. The van der Waals surface area contributed by atoms with Crippen LogP contribution in [0.4, 0.5) is 5.69 Å². The number of hydrogen-bond acceptors (Lipinski definition) is 3. The molecule has 0 saturated heterocycles. The van der Waals surface area contributed by atoms with Gasteiger partial charge in [0.25, 0.3) is 0 Å². The van der Waals surface area contributed by atoms with E-state index in [-0.39, 0.29) is 17.7 Å². The SMILES string of the molecule is CCC(C)C(C(=O)Nc1ccc(SC)nc1)c1ccccc1. The van der Waals surface area contributed by atoms with Crippen LogP contribution in [0, 0.1) is 5.92 Å². The molecule has 2 atom stereocenters. The largest absolute Gasteiger partial charge is 0.324 e. The summed E-state index contributed by atoms with van der Waals surface area (Å²) in [5.41, 5.74) is 1.80. The molecular formula is C18H22N2OS. The molecule has 22 heavy (non-hydrogen) atoms. The van der Waals surface area contributed by atoms with Crippen molar-refractivity contribution in [2.75, 3.05) is 11.6 Å². The van der Waals surface area contributed by atoms with Crippen molar-refractivity contribution in [1.29, 1.82) is 0 Å². The first kappa shape index (κ1) is 16.6. The average Bonchev–Trinajstić information content (AvgIpc) is 2.56. The van der Waals surface area contributed by atoms with Crippen LogP contribution in [0.5, 0.6) is 0 Å². The Kier molecular flexibility index (Phi) is 6.01. The molecule has 1 aromatic heterocycles. The molecule has 0 aliphatic rings. The Morgan fingerprint density at radius 1 is 1.23 bits per heavy atom. The van der Waals surface area contributed by atoms with Gasteiger partial charge in [-0.3, -0.25) is 4.79 Å². The molecule has 0 spiro atoms. The van der Waals surface area contributed by atoms with Gasteiger partial charge in [0.1, 0.15) is 0 Å². The average molecular weight is 314 g/mol. The molecule has 1 aromatic carbocycles. The maximum Gasteiger partial charge on any atom is 0.232 e. The number of anilines is 1. The lowest BCUT2D eigenvalue weighted by Crippen LogP contribution is -2.26. The molecule has 0 aliphatic carbocycles. The molecule has 1 N–H and O–H groups in total. The van der Waals surface area contributed by atoms with Crippen molar-refractivity contribution in [2.24, 2.45) is 5.92 Å². The number of nitrogens with zero attached hydrogens (tertiary/aromatic N) is 1. The number of carbonyl (C=O) groups excluding carboxylic acids is 1. The summed E-state index contributed by atoms with van der Waals surface area (Å²) < 4.78 is 0. The van der Waals surface area contributed by atoms with Gasteiger partial charge in [-0.1, -0.05) is 50.6 Å². The van der Waals surface area contributed by atoms with Crippen molar-refractivity contribution in [3.8, 4) is 0 Å². The highest BCUT2D eigenvalue weighted by Crippen LogP contribution is 2.28. The van der Waals surface area contributed by atoms with Gasteiger partial charge in [-0.2, -0.15) is 0 Å². The third kappa shape index (κ3) is 4.10. The standard InChI is InChI=1S/C18H22N2OS/c1-4-13(2)17(14-8-6-5-7-9-14)18(21)20-15-10-11-16(22-3)19-12-15/h5-13,17H,4H2,1-3H3,(H,20,21). The van der Waals surface area contributed by atoms with Gasteiger partial charge in [0, 0.05) is 0 Å². The molecule has 3 nitrogen and oxygen atoms in total. The van der Waals surface area contributed by atoms with Crippen molar-refractivity contribution in [2.45, 2.75) is 31.2 Å². The molecule has 116 valence electrons. The predicted molar refractivity (Wildman–Crippen MR) is 93.3 cm³/mol.